The predicted octanol–water partition coefficient (Wildman–Crippen LogP) is 2.23. The number of aromatic nitrogens is 1. The predicted molar refractivity (Wildman–Crippen MR) is 159 cm³/mol. The molecule has 234 valence electrons. The molecule has 3 aliphatic carbocycles. The van der Waals surface area contributed by atoms with Crippen LogP contribution in [0.5, 0.6) is 0 Å². The first-order valence-electron chi connectivity index (χ1n) is 15.8. The van der Waals surface area contributed by atoms with Crippen LogP contribution in [0.1, 0.15) is 84.3 Å². The van der Waals surface area contributed by atoms with Gasteiger partial charge >= 0.3 is 6.03 Å². The molecule has 5 N–H and O–H groups in total. The number of urea groups is 1. The minimum absolute atomic E-state index is 0.00692. The number of likely N-dealkylation sites (tertiary alicyclic amines) is 1. The fraction of sp³-hybridized carbons (Fsp3) is 0.688. The van der Waals surface area contributed by atoms with Crippen molar-refractivity contribution < 1.29 is 24.0 Å². The van der Waals surface area contributed by atoms with Crippen LogP contribution >= 0.6 is 0 Å². The summed E-state index contributed by atoms with van der Waals surface area (Å²) in [6.45, 7) is 6.09. The molecule has 11 nitrogen and oxygen atoms in total. The van der Waals surface area contributed by atoms with Gasteiger partial charge in [-0.1, -0.05) is 58.9 Å². The van der Waals surface area contributed by atoms with Crippen LogP contribution in [-0.2, 0) is 25.6 Å². The number of carbonyl (C=O) groups excluding carboxylic acids is 5. The molecule has 1 unspecified atom stereocenters. The molecule has 3 saturated carbocycles. The van der Waals surface area contributed by atoms with Gasteiger partial charge in [-0.05, 0) is 61.0 Å². The normalized spacial score (nSPS) is 25.6. The monoisotopic (exact) mass is 594 g/mol. The summed E-state index contributed by atoms with van der Waals surface area (Å²) in [6, 6.07) is 2.74. The third-order valence-corrected chi connectivity index (χ3v) is 9.67. The average Bonchev–Trinajstić information content (AvgIpc) is 3.89. The number of pyridine rings is 1. The van der Waals surface area contributed by atoms with Crippen molar-refractivity contribution in [3.05, 3.63) is 30.1 Å². The molecule has 1 aliphatic heterocycles. The topological polar surface area (TPSA) is 164 Å². The first-order chi connectivity index (χ1) is 20.4. The molecule has 1 saturated heterocycles. The molecule has 0 bridgehead atoms. The van der Waals surface area contributed by atoms with Crippen molar-refractivity contribution in [3.63, 3.8) is 0 Å². The minimum atomic E-state index is -1.07. The number of nitrogens with two attached hydrogens (primary N) is 1. The Balaban J connectivity index is 1.29. The summed E-state index contributed by atoms with van der Waals surface area (Å²) in [7, 11) is 0. The van der Waals surface area contributed by atoms with Gasteiger partial charge in [-0.2, -0.15) is 0 Å². The van der Waals surface area contributed by atoms with Crippen LogP contribution in [0.4, 0.5) is 4.79 Å². The molecule has 1 aromatic rings. The zero-order chi connectivity index (χ0) is 30.9. The number of Topliss-reactive ketones (excluding diaryl/α,β-unsaturated/α-hetero) is 1. The van der Waals surface area contributed by atoms with Gasteiger partial charge in [0.15, 0.2) is 0 Å². The summed E-state index contributed by atoms with van der Waals surface area (Å²) >= 11 is 0. The van der Waals surface area contributed by atoms with Crippen LogP contribution in [0.25, 0.3) is 0 Å². The Morgan fingerprint density at radius 1 is 1.07 bits per heavy atom. The Bertz CT molecular complexity index is 1240. The SMILES string of the molecule is CC(C)(C)[C@H](NC(=O)NC1(Cc2ccccn2)CCCCC1)C(=O)N1C[C@@H]2C[C@@H]2[C@H]1C(=O)NC(CC1CC1)C(=O)C(N)=O. The molecule has 0 aromatic carbocycles. The number of amides is 5. The second-order valence-corrected chi connectivity index (χ2v) is 14.3. The van der Waals surface area contributed by atoms with Gasteiger partial charge in [-0.25, -0.2) is 4.79 Å². The highest BCUT2D eigenvalue weighted by Gasteiger charge is 2.58. The molecule has 4 fully saturated rings. The molecule has 4 aliphatic rings. The number of nitrogens with one attached hydrogen (secondary N) is 3. The van der Waals surface area contributed by atoms with E-state index in [2.05, 4.69) is 20.9 Å². The molecule has 43 heavy (non-hydrogen) atoms. The van der Waals surface area contributed by atoms with Gasteiger partial charge in [0.1, 0.15) is 12.1 Å². The zero-order valence-electron chi connectivity index (χ0n) is 25.6. The molecule has 5 amide bonds. The summed E-state index contributed by atoms with van der Waals surface area (Å²) < 4.78 is 0. The van der Waals surface area contributed by atoms with E-state index in [0.29, 0.717) is 19.4 Å². The van der Waals surface area contributed by atoms with Crippen molar-refractivity contribution in [1.29, 1.82) is 0 Å². The number of fused-ring (bicyclic) bond motifs is 1. The van der Waals surface area contributed by atoms with E-state index in [1.165, 1.54) is 0 Å². The number of rotatable bonds is 11. The van der Waals surface area contributed by atoms with Crippen molar-refractivity contribution in [2.45, 2.75) is 109 Å². The highest BCUT2D eigenvalue weighted by atomic mass is 16.2. The van der Waals surface area contributed by atoms with Gasteiger partial charge in [0, 0.05) is 30.4 Å². The fourth-order valence-electron chi connectivity index (χ4n) is 7.02. The van der Waals surface area contributed by atoms with Gasteiger partial charge in [0.05, 0.1) is 6.04 Å². The summed E-state index contributed by atoms with van der Waals surface area (Å²) in [5.41, 5.74) is 5.09. The Kier molecular flexibility index (Phi) is 8.81. The lowest BCUT2D eigenvalue weighted by molar-refractivity contribution is -0.144. The van der Waals surface area contributed by atoms with Crippen LogP contribution in [0.15, 0.2) is 24.4 Å². The van der Waals surface area contributed by atoms with Gasteiger partial charge in [0.25, 0.3) is 5.91 Å². The molecular weight excluding hydrogens is 548 g/mol. The Morgan fingerprint density at radius 3 is 2.40 bits per heavy atom. The van der Waals surface area contributed by atoms with Gasteiger partial charge < -0.3 is 26.6 Å². The standard InChI is InChI=1S/C32H46N6O5/c1-31(2,3)26(36-30(43)37-32(12-6-4-7-13-32)17-21-9-5-8-14-34-21)29(42)38-18-20-16-22(20)24(38)28(41)35-23(15-19-10-11-19)25(39)27(33)40/h5,8-9,14,19-20,22-24,26H,4,6-7,10-13,15-18H2,1-3H3,(H2,33,40)(H,35,41)(H2,36,37,43)/t20-,22-,23?,24-,26+/m0/s1. The minimum Gasteiger partial charge on any atom is -0.363 e. The number of ketones is 1. The maximum Gasteiger partial charge on any atom is 0.315 e. The highest BCUT2D eigenvalue weighted by Crippen LogP contribution is 2.50. The Labute approximate surface area is 253 Å². The number of primary amides is 1. The lowest BCUT2D eigenvalue weighted by Gasteiger charge is -2.40. The van der Waals surface area contributed by atoms with Crippen molar-refractivity contribution in [1.82, 2.24) is 25.8 Å². The van der Waals surface area contributed by atoms with Crippen LogP contribution in [0.3, 0.4) is 0 Å². The van der Waals surface area contributed by atoms with Crippen molar-refractivity contribution in [2.24, 2.45) is 28.9 Å². The number of nitrogens with zero attached hydrogens (tertiary/aromatic N) is 2. The summed E-state index contributed by atoms with van der Waals surface area (Å²) in [5, 5.41) is 8.98. The molecule has 5 rings (SSSR count). The summed E-state index contributed by atoms with van der Waals surface area (Å²) in [5.74, 6) is -2.17. The number of piperidine rings is 1. The second kappa shape index (κ2) is 12.2. The lowest BCUT2D eigenvalue weighted by atomic mass is 9.78. The van der Waals surface area contributed by atoms with E-state index in [1.54, 1.807) is 11.1 Å². The van der Waals surface area contributed by atoms with E-state index in [4.69, 9.17) is 5.73 Å². The van der Waals surface area contributed by atoms with Gasteiger partial charge in [-0.15, -0.1) is 0 Å². The Morgan fingerprint density at radius 2 is 1.79 bits per heavy atom. The van der Waals surface area contributed by atoms with Crippen molar-refractivity contribution in [2.75, 3.05) is 6.54 Å². The maximum atomic E-state index is 14.1. The van der Waals surface area contributed by atoms with Crippen molar-refractivity contribution >= 4 is 29.5 Å². The Hall–Kier alpha value is -3.50. The zero-order valence-corrected chi connectivity index (χ0v) is 25.6. The van der Waals surface area contributed by atoms with E-state index >= 15 is 0 Å². The van der Waals surface area contributed by atoms with E-state index < -0.39 is 52.7 Å². The van der Waals surface area contributed by atoms with Crippen LogP contribution in [-0.4, -0.2) is 69.6 Å². The fourth-order valence-corrected chi connectivity index (χ4v) is 7.02. The number of carbonyl (C=O) groups is 5. The van der Waals surface area contributed by atoms with Gasteiger partial charge in [-0.3, -0.25) is 24.2 Å². The summed E-state index contributed by atoms with van der Waals surface area (Å²) in [4.78, 5) is 71.5. The number of hydrogen-bond acceptors (Lipinski definition) is 6. The highest BCUT2D eigenvalue weighted by molar-refractivity contribution is 6.37. The number of hydrogen-bond donors (Lipinski definition) is 4. The first-order valence-corrected chi connectivity index (χ1v) is 15.8. The van der Waals surface area contributed by atoms with E-state index in [9.17, 15) is 24.0 Å². The molecule has 5 atom stereocenters. The van der Waals surface area contributed by atoms with E-state index in [1.807, 2.05) is 39.0 Å². The lowest BCUT2D eigenvalue weighted by Crippen LogP contribution is -2.63. The van der Waals surface area contributed by atoms with Crippen LogP contribution in [0, 0.1) is 23.2 Å². The molecule has 11 heteroatoms. The molecule has 2 heterocycles. The van der Waals surface area contributed by atoms with Crippen LogP contribution in [0.2, 0.25) is 0 Å². The quantitative estimate of drug-likeness (QED) is 0.287. The molecule has 0 radical (unpaired) electrons. The van der Waals surface area contributed by atoms with E-state index in [0.717, 1.165) is 57.1 Å². The molecule has 0 spiro atoms. The van der Waals surface area contributed by atoms with Crippen molar-refractivity contribution in [3.8, 4) is 0 Å². The van der Waals surface area contributed by atoms with Gasteiger partial charge in [0.2, 0.25) is 17.6 Å². The second-order valence-electron chi connectivity index (χ2n) is 14.3. The molecule has 1 aromatic heterocycles. The third kappa shape index (κ3) is 7.36. The average molecular weight is 595 g/mol. The summed E-state index contributed by atoms with van der Waals surface area (Å²) in [6.07, 6.45) is 10.2. The third-order valence-electron chi connectivity index (χ3n) is 9.67. The van der Waals surface area contributed by atoms with E-state index in [-0.39, 0.29) is 23.7 Å². The van der Waals surface area contributed by atoms with Crippen LogP contribution < -0.4 is 21.7 Å². The first kappa shape index (κ1) is 30.9. The largest absolute Gasteiger partial charge is 0.363 e. The smallest absolute Gasteiger partial charge is 0.315 e. The maximum absolute atomic E-state index is 14.1. The molecular formula is C32H46N6O5.